The second-order valence-electron chi connectivity index (χ2n) is 6.63. The fourth-order valence-electron chi connectivity index (χ4n) is 2.79. The zero-order valence-corrected chi connectivity index (χ0v) is 13.9. The highest BCUT2D eigenvalue weighted by Gasteiger charge is 2.29. The first-order chi connectivity index (χ1) is 9.12. The van der Waals surface area contributed by atoms with Gasteiger partial charge in [-0.3, -0.25) is 4.79 Å². The average Bonchev–Trinajstić information content (AvgIpc) is 2.32. The molecule has 0 unspecified atom stereocenters. The van der Waals surface area contributed by atoms with Gasteiger partial charge in [0.2, 0.25) is 15.9 Å². The molecule has 0 aromatic rings. The maximum absolute atomic E-state index is 12.0. The molecule has 0 saturated heterocycles. The molecule has 1 rings (SSSR count). The van der Waals surface area contributed by atoms with Crippen molar-refractivity contribution in [3.63, 3.8) is 0 Å². The second-order valence-corrected chi connectivity index (χ2v) is 8.54. The molecule has 1 amide bonds. The predicted octanol–water partition coefficient (Wildman–Crippen LogP) is 1.74. The molecule has 0 radical (unpaired) electrons. The third-order valence-corrected chi connectivity index (χ3v) is 5.27. The highest BCUT2D eigenvalue weighted by Crippen LogP contribution is 2.23. The molecule has 6 heteroatoms. The molecule has 0 atom stereocenters. The Hall–Kier alpha value is -0.620. The van der Waals surface area contributed by atoms with Crippen molar-refractivity contribution in [2.24, 2.45) is 5.92 Å². The minimum absolute atomic E-state index is 0.0760. The summed E-state index contributed by atoms with van der Waals surface area (Å²) in [5, 5.41) is 2.88. The average molecular weight is 304 g/mol. The maximum Gasteiger partial charge on any atom is 0.223 e. The lowest BCUT2D eigenvalue weighted by Gasteiger charge is -2.33. The molecule has 1 N–H and O–H groups in total. The first kappa shape index (κ1) is 17.4. The zero-order valence-electron chi connectivity index (χ0n) is 13.1. The lowest BCUT2D eigenvalue weighted by Crippen LogP contribution is -2.48. The summed E-state index contributed by atoms with van der Waals surface area (Å²) in [5.41, 5.74) is -0.469. The lowest BCUT2D eigenvalue weighted by molar-refractivity contribution is -0.125. The highest BCUT2D eigenvalue weighted by molar-refractivity contribution is 7.88. The smallest absolute Gasteiger partial charge is 0.223 e. The standard InChI is InChI=1S/C14H28N2O3S/c1-14(2,3)16(20(4,18)19)11-10-15-13(17)12-8-6-5-7-9-12/h12H,5-11H2,1-4H3,(H,15,17). The SMILES string of the molecule is CC(C)(C)N(CCNC(=O)C1CCCCC1)S(C)(=O)=O. The summed E-state index contributed by atoms with van der Waals surface area (Å²) >= 11 is 0. The number of nitrogens with zero attached hydrogens (tertiary/aromatic N) is 1. The van der Waals surface area contributed by atoms with Crippen molar-refractivity contribution in [3.8, 4) is 0 Å². The second kappa shape index (κ2) is 6.89. The Bertz CT molecular complexity index is 420. The molecule has 20 heavy (non-hydrogen) atoms. The molecule has 0 spiro atoms. The summed E-state index contributed by atoms with van der Waals surface area (Å²) < 4.78 is 25.0. The van der Waals surface area contributed by atoms with Crippen molar-refractivity contribution < 1.29 is 13.2 Å². The van der Waals surface area contributed by atoms with Crippen LogP contribution in [0.5, 0.6) is 0 Å². The Morgan fingerprint density at radius 3 is 2.20 bits per heavy atom. The number of rotatable bonds is 5. The summed E-state index contributed by atoms with van der Waals surface area (Å²) in [6.07, 6.45) is 6.59. The van der Waals surface area contributed by atoms with E-state index in [2.05, 4.69) is 5.32 Å². The molecule has 0 bridgehead atoms. The Kier molecular flexibility index (Phi) is 6.01. The fraction of sp³-hybridized carbons (Fsp3) is 0.929. The van der Waals surface area contributed by atoms with E-state index in [0.717, 1.165) is 25.7 Å². The molecule has 118 valence electrons. The van der Waals surface area contributed by atoms with E-state index in [0.29, 0.717) is 13.1 Å². The van der Waals surface area contributed by atoms with Gasteiger partial charge in [-0.2, -0.15) is 4.31 Å². The van der Waals surface area contributed by atoms with Crippen LogP contribution in [0.15, 0.2) is 0 Å². The summed E-state index contributed by atoms with van der Waals surface area (Å²) in [7, 11) is -3.26. The van der Waals surface area contributed by atoms with E-state index in [1.165, 1.54) is 17.0 Å². The molecule has 1 fully saturated rings. The molecule has 0 aromatic heterocycles. The zero-order chi connectivity index (χ0) is 15.4. The van der Waals surface area contributed by atoms with Gasteiger partial charge in [0.25, 0.3) is 0 Å². The van der Waals surface area contributed by atoms with Crippen LogP contribution >= 0.6 is 0 Å². The molecule has 1 saturated carbocycles. The highest BCUT2D eigenvalue weighted by atomic mass is 32.2. The summed E-state index contributed by atoms with van der Waals surface area (Å²) in [6, 6.07) is 0. The molecule has 0 heterocycles. The van der Waals surface area contributed by atoms with Gasteiger partial charge in [0.1, 0.15) is 0 Å². The Morgan fingerprint density at radius 1 is 1.20 bits per heavy atom. The van der Waals surface area contributed by atoms with Crippen LogP contribution in [0.3, 0.4) is 0 Å². The van der Waals surface area contributed by atoms with Crippen LogP contribution in [0.4, 0.5) is 0 Å². The van der Waals surface area contributed by atoms with E-state index in [1.807, 2.05) is 20.8 Å². The van der Waals surface area contributed by atoms with Gasteiger partial charge in [-0.15, -0.1) is 0 Å². The van der Waals surface area contributed by atoms with Gasteiger partial charge in [0.15, 0.2) is 0 Å². The van der Waals surface area contributed by atoms with E-state index in [9.17, 15) is 13.2 Å². The molecule has 1 aliphatic rings. The Balaban J connectivity index is 2.46. The number of carbonyl (C=O) groups excluding carboxylic acids is 1. The number of carbonyl (C=O) groups is 1. The monoisotopic (exact) mass is 304 g/mol. The number of hydrogen-bond donors (Lipinski definition) is 1. The summed E-state index contributed by atoms with van der Waals surface area (Å²) in [5.74, 6) is 0.192. The Labute approximate surface area is 123 Å². The topological polar surface area (TPSA) is 66.5 Å². The predicted molar refractivity (Wildman–Crippen MR) is 80.9 cm³/mol. The van der Waals surface area contributed by atoms with Crippen LogP contribution in [0.2, 0.25) is 0 Å². The van der Waals surface area contributed by atoms with Crippen molar-refractivity contribution >= 4 is 15.9 Å². The largest absolute Gasteiger partial charge is 0.355 e. The van der Waals surface area contributed by atoms with Gasteiger partial charge in [-0.1, -0.05) is 19.3 Å². The summed E-state index contributed by atoms with van der Waals surface area (Å²) in [6.45, 7) is 6.27. The minimum atomic E-state index is -3.26. The van der Waals surface area contributed by atoms with Crippen LogP contribution in [0, 0.1) is 5.92 Å². The van der Waals surface area contributed by atoms with E-state index < -0.39 is 15.6 Å². The van der Waals surface area contributed by atoms with Crippen LogP contribution in [0.25, 0.3) is 0 Å². The number of amides is 1. The van der Waals surface area contributed by atoms with Crippen molar-refractivity contribution in [1.82, 2.24) is 9.62 Å². The van der Waals surface area contributed by atoms with Gasteiger partial charge >= 0.3 is 0 Å². The molecule has 0 aromatic carbocycles. The molecular weight excluding hydrogens is 276 g/mol. The number of sulfonamides is 1. The van der Waals surface area contributed by atoms with Crippen LogP contribution in [0.1, 0.15) is 52.9 Å². The van der Waals surface area contributed by atoms with Gasteiger partial charge in [0, 0.05) is 24.5 Å². The van der Waals surface area contributed by atoms with Crippen LogP contribution in [-0.2, 0) is 14.8 Å². The third kappa shape index (κ3) is 5.40. The summed E-state index contributed by atoms with van der Waals surface area (Å²) in [4.78, 5) is 12.0. The molecule has 1 aliphatic carbocycles. The van der Waals surface area contributed by atoms with Crippen molar-refractivity contribution in [1.29, 1.82) is 0 Å². The van der Waals surface area contributed by atoms with E-state index >= 15 is 0 Å². The normalized spacial score (nSPS) is 18.2. The van der Waals surface area contributed by atoms with Gasteiger partial charge < -0.3 is 5.32 Å². The third-order valence-electron chi connectivity index (χ3n) is 3.74. The fourth-order valence-corrected chi connectivity index (χ4v) is 4.21. The quantitative estimate of drug-likeness (QED) is 0.841. The van der Waals surface area contributed by atoms with Crippen molar-refractivity contribution in [2.45, 2.75) is 58.4 Å². The lowest BCUT2D eigenvalue weighted by atomic mass is 9.89. The first-order valence-electron chi connectivity index (χ1n) is 7.38. The Morgan fingerprint density at radius 2 is 1.75 bits per heavy atom. The van der Waals surface area contributed by atoms with Crippen LogP contribution < -0.4 is 5.32 Å². The first-order valence-corrected chi connectivity index (χ1v) is 9.23. The van der Waals surface area contributed by atoms with E-state index in [1.54, 1.807) is 0 Å². The number of nitrogens with one attached hydrogen (secondary N) is 1. The van der Waals surface area contributed by atoms with Gasteiger partial charge in [-0.05, 0) is 33.6 Å². The molecule has 5 nitrogen and oxygen atoms in total. The van der Waals surface area contributed by atoms with E-state index in [-0.39, 0.29) is 11.8 Å². The molecular formula is C14H28N2O3S. The van der Waals surface area contributed by atoms with Crippen molar-refractivity contribution in [2.75, 3.05) is 19.3 Å². The number of hydrogen-bond acceptors (Lipinski definition) is 3. The van der Waals surface area contributed by atoms with Gasteiger partial charge in [-0.25, -0.2) is 8.42 Å². The van der Waals surface area contributed by atoms with E-state index in [4.69, 9.17) is 0 Å². The minimum Gasteiger partial charge on any atom is -0.355 e. The van der Waals surface area contributed by atoms with Gasteiger partial charge in [0.05, 0.1) is 6.26 Å². The van der Waals surface area contributed by atoms with Crippen molar-refractivity contribution in [3.05, 3.63) is 0 Å². The maximum atomic E-state index is 12.0. The molecule has 0 aliphatic heterocycles. The van der Waals surface area contributed by atoms with Crippen LogP contribution in [-0.4, -0.2) is 43.5 Å².